The number of halogens is 2. The number of hydrogen-bond acceptors (Lipinski definition) is 2. The van der Waals surface area contributed by atoms with Gasteiger partial charge in [-0.2, -0.15) is 0 Å². The van der Waals surface area contributed by atoms with Crippen LogP contribution in [0.1, 0.15) is 25.3 Å². The minimum Gasteiger partial charge on any atom is -0.389 e. The van der Waals surface area contributed by atoms with Crippen molar-refractivity contribution >= 4 is 11.6 Å². The number of aliphatic hydroxyl groups is 1. The van der Waals surface area contributed by atoms with Gasteiger partial charge in [0.1, 0.15) is 5.82 Å². The van der Waals surface area contributed by atoms with E-state index in [4.69, 9.17) is 11.6 Å². The van der Waals surface area contributed by atoms with E-state index in [1.807, 2.05) is 13.0 Å². The van der Waals surface area contributed by atoms with Crippen molar-refractivity contribution in [3.63, 3.8) is 0 Å². The molecule has 1 aliphatic heterocycles. The molecule has 1 aromatic carbocycles. The van der Waals surface area contributed by atoms with Gasteiger partial charge in [0, 0.05) is 13.1 Å². The quantitative estimate of drug-likeness (QED) is 0.881. The fraction of sp³-hybridized carbons (Fsp3) is 0.538. The van der Waals surface area contributed by atoms with E-state index in [1.165, 1.54) is 6.07 Å². The van der Waals surface area contributed by atoms with Gasteiger partial charge in [-0.15, -0.1) is 0 Å². The first kappa shape index (κ1) is 12.8. The molecule has 1 N–H and O–H groups in total. The highest BCUT2D eigenvalue weighted by molar-refractivity contribution is 6.30. The Morgan fingerprint density at radius 1 is 1.53 bits per heavy atom. The molecule has 1 unspecified atom stereocenters. The molecule has 0 aromatic heterocycles. The van der Waals surface area contributed by atoms with Crippen LogP contribution in [0.15, 0.2) is 18.2 Å². The number of rotatable bonds is 2. The van der Waals surface area contributed by atoms with Gasteiger partial charge < -0.3 is 5.11 Å². The Morgan fingerprint density at radius 3 is 2.94 bits per heavy atom. The van der Waals surface area contributed by atoms with Crippen LogP contribution in [0.25, 0.3) is 0 Å². The molecule has 1 fully saturated rings. The van der Waals surface area contributed by atoms with Gasteiger partial charge in [-0.05, 0) is 44.0 Å². The van der Waals surface area contributed by atoms with Crippen molar-refractivity contribution in [2.24, 2.45) is 0 Å². The average molecular weight is 258 g/mol. The second kappa shape index (κ2) is 4.92. The van der Waals surface area contributed by atoms with Gasteiger partial charge in [0.15, 0.2) is 0 Å². The lowest BCUT2D eigenvalue weighted by Gasteiger charge is -2.36. The minimum atomic E-state index is -0.622. The number of hydrogen-bond donors (Lipinski definition) is 1. The van der Waals surface area contributed by atoms with Gasteiger partial charge in [-0.1, -0.05) is 17.7 Å². The molecule has 1 atom stereocenters. The fourth-order valence-corrected chi connectivity index (χ4v) is 2.47. The van der Waals surface area contributed by atoms with Crippen molar-refractivity contribution in [1.82, 2.24) is 4.90 Å². The van der Waals surface area contributed by atoms with E-state index >= 15 is 0 Å². The second-order valence-corrected chi connectivity index (χ2v) is 5.47. The molecule has 0 spiro atoms. The highest BCUT2D eigenvalue weighted by Crippen LogP contribution is 2.23. The molecule has 4 heteroatoms. The maximum atomic E-state index is 13.3. The molecule has 0 aliphatic carbocycles. The lowest BCUT2D eigenvalue weighted by molar-refractivity contribution is -0.0181. The smallest absolute Gasteiger partial charge is 0.142 e. The van der Waals surface area contributed by atoms with Gasteiger partial charge in [-0.3, -0.25) is 4.90 Å². The lowest BCUT2D eigenvalue weighted by Crippen LogP contribution is -2.45. The summed E-state index contributed by atoms with van der Waals surface area (Å²) in [7, 11) is 0. The molecule has 1 aliphatic rings. The lowest BCUT2D eigenvalue weighted by atomic mass is 9.95. The molecule has 0 radical (unpaired) electrons. The van der Waals surface area contributed by atoms with E-state index in [0.717, 1.165) is 24.9 Å². The van der Waals surface area contributed by atoms with Crippen LogP contribution in [0.3, 0.4) is 0 Å². The fourth-order valence-electron chi connectivity index (χ4n) is 2.35. The predicted molar refractivity (Wildman–Crippen MR) is 66.5 cm³/mol. The van der Waals surface area contributed by atoms with Crippen LogP contribution in [0.5, 0.6) is 0 Å². The van der Waals surface area contributed by atoms with Crippen LogP contribution in [-0.2, 0) is 6.54 Å². The second-order valence-electron chi connectivity index (χ2n) is 5.06. The monoisotopic (exact) mass is 257 g/mol. The number of β-amino-alcohol motifs (C(OH)–C–C–N with tert-alkyl or cyclic N) is 1. The normalized spacial score (nSPS) is 26.1. The van der Waals surface area contributed by atoms with Crippen LogP contribution in [-0.4, -0.2) is 28.7 Å². The highest BCUT2D eigenvalue weighted by Gasteiger charge is 2.28. The van der Waals surface area contributed by atoms with Gasteiger partial charge in [-0.25, -0.2) is 4.39 Å². The third-order valence-electron chi connectivity index (χ3n) is 3.14. The van der Waals surface area contributed by atoms with E-state index in [1.54, 1.807) is 6.07 Å². The van der Waals surface area contributed by atoms with Crippen molar-refractivity contribution < 1.29 is 9.50 Å². The zero-order chi connectivity index (χ0) is 12.5. The summed E-state index contributed by atoms with van der Waals surface area (Å²) < 4.78 is 13.3. The van der Waals surface area contributed by atoms with Crippen LogP contribution in [0, 0.1) is 5.82 Å². The summed E-state index contributed by atoms with van der Waals surface area (Å²) >= 11 is 5.64. The summed E-state index contributed by atoms with van der Waals surface area (Å²) in [5.41, 5.74) is 0.271. The van der Waals surface area contributed by atoms with E-state index < -0.39 is 5.60 Å². The molecule has 2 nitrogen and oxygen atoms in total. The molecular weight excluding hydrogens is 241 g/mol. The number of nitrogens with zero attached hydrogens (tertiary/aromatic N) is 1. The number of piperidine rings is 1. The molecule has 1 aromatic rings. The van der Waals surface area contributed by atoms with Crippen LogP contribution in [0.4, 0.5) is 4.39 Å². The van der Waals surface area contributed by atoms with Crippen molar-refractivity contribution in [1.29, 1.82) is 0 Å². The molecule has 0 saturated carbocycles. The number of likely N-dealkylation sites (tertiary alicyclic amines) is 1. The van der Waals surface area contributed by atoms with Gasteiger partial charge >= 0.3 is 0 Å². The Kier molecular flexibility index (Phi) is 3.71. The first-order valence-corrected chi connectivity index (χ1v) is 6.23. The maximum absolute atomic E-state index is 13.3. The molecular formula is C13H17ClFNO. The summed E-state index contributed by atoms with van der Waals surface area (Å²) in [5.74, 6) is -0.382. The van der Waals surface area contributed by atoms with Crippen LogP contribution in [0.2, 0.25) is 5.02 Å². The Bertz CT molecular complexity index is 408. The predicted octanol–water partition coefficient (Wildman–Crippen LogP) is 2.83. The maximum Gasteiger partial charge on any atom is 0.142 e. The SMILES string of the molecule is CC1(O)CCCN(Cc2ccc(Cl)c(F)c2)C1. The summed E-state index contributed by atoms with van der Waals surface area (Å²) in [6, 6.07) is 4.87. The molecule has 0 amide bonds. The van der Waals surface area contributed by atoms with Crippen LogP contribution >= 0.6 is 11.6 Å². The summed E-state index contributed by atoms with van der Waals surface area (Å²) in [6.07, 6.45) is 1.81. The summed E-state index contributed by atoms with van der Waals surface area (Å²) in [6.45, 7) is 4.09. The Balaban J connectivity index is 2.03. The third-order valence-corrected chi connectivity index (χ3v) is 3.45. The molecule has 1 heterocycles. The Morgan fingerprint density at radius 2 is 2.29 bits per heavy atom. The van der Waals surface area contributed by atoms with Crippen molar-refractivity contribution in [3.8, 4) is 0 Å². The highest BCUT2D eigenvalue weighted by atomic mass is 35.5. The van der Waals surface area contributed by atoms with Gasteiger partial charge in [0.05, 0.1) is 10.6 Å². The number of benzene rings is 1. The van der Waals surface area contributed by atoms with Gasteiger partial charge in [0.25, 0.3) is 0 Å². The van der Waals surface area contributed by atoms with Gasteiger partial charge in [0.2, 0.25) is 0 Å². The first-order chi connectivity index (χ1) is 7.96. The zero-order valence-electron chi connectivity index (χ0n) is 9.92. The molecule has 17 heavy (non-hydrogen) atoms. The summed E-state index contributed by atoms with van der Waals surface area (Å²) in [5, 5.41) is 10.1. The van der Waals surface area contributed by atoms with Crippen molar-refractivity contribution in [2.75, 3.05) is 13.1 Å². The topological polar surface area (TPSA) is 23.5 Å². The Labute approximate surface area is 106 Å². The minimum absolute atomic E-state index is 0.152. The van der Waals surface area contributed by atoms with E-state index in [0.29, 0.717) is 13.1 Å². The van der Waals surface area contributed by atoms with E-state index in [-0.39, 0.29) is 10.8 Å². The van der Waals surface area contributed by atoms with E-state index in [2.05, 4.69) is 4.90 Å². The largest absolute Gasteiger partial charge is 0.389 e. The molecule has 1 saturated heterocycles. The zero-order valence-corrected chi connectivity index (χ0v) is 10.7. The van der Waals surface area contributed by atoms with Crippen LogP contribution < -0.4 is 0 Å². The standard InChI is InChI=1S/C13H17ClFNO/c1-13(17)5-2-6-16(9-13)8-10-3-4-11(14)12(15)7-10/h3-4,7,17H,2,5-6,8-9H2,1H3. The molecule has 0 bridgehead atoms. The van der Waals surface area contributed by atoms with Crippen molar-refractivity contribution in [3.05, 3.63) is 34.6 Å². The summed E-state index contributed by atoms with van der Waals surface area (Å²) in [4.78, 5) is 2.15. The molecule has 2 rings (SSSR count). The third kappa shape index (κ3) is 3.41. The average Bonchev–Trinajstić information content (AvgIpc) is 2.22. The molecule has 94 valence electrons. The first-order valence-electron chi connectivity index (χ1n) is 5.85. The Hall–Kier alpha value is -0.640. The van der Waals surface area contributed by atoms with E-state index in [9.17, 15) is 9.50 Å². The van der Waals surface area contributed by atoms with Crippen molar-refractivity contribution in [2.45, 2.75) is 31.9 Å².